The lowest BCUT2D eigenvalue weighted by Gasteiger charge is -2.15. The highest BCUT2D eigenvalue weighted by molar-refractivity contribution is 5.95. The van der Waals surface area contributed by atoms with E-state index in [1.54, 1.807) is 7.05 Å². The summed E-state index contributed by atoms with van der Waals surface area (Å²) in [5.41, 5.74) is 5.51. The molecule has 1 amide bonds. The van der Waals surface area contributed by atoms with E-state index in [2.05, 4.69) is 25.1 Å². The molecule has 0 bridgehead atoms. The van der Waals surface area contributed by atoms with Crippen LogP contribution in [0.2, 0.25) is 0 Å². The number of nitrogens with two attached hydrogens (primary N) is 1. The van der Waals surface area contributed by atoms with E-state index in [1.165, 1.54) is 4.90 Å². The Kier molecular flexibility index (Phi) is 2.65. The van der Waals surface area contributed by atoms with Gasteiger partial charge in [0.2, 0.25) is 11.5 Å². The number of aromatic nitrogens is 5. The molecule has 0 spiro atoms. The van der Waals surface area contributed by atoms with Crippen molar-refractivity contribution in [1.82, 2.24) is 30.0 Å². The number of carbonyl (C=O) groups is 1. The van der Waals surface area contributed by atoms with Gasteiger partial charge in [0.05, 0.1) is 6.54 Å². The van der Waals surface area contributed by atoms with E-state index in [0.29, 0.717) is 6.54 Å². The molecule has 2 N–H and O–H groups in total. The van der Waals surface area contributed by atoms with Gasteiger partial charge in [-0.15, -0.1) is 10.2 Å². The van der Waals surface area contributed by atoms with Crippen molar-refractivity contribution in [3.05, 3.63) is 17.3 Å². The third-order valence-electron chi connectivity index (χ3n) is 3.13. The van der Waals surface area contributed by atoms with Crippen LogP contribution in [0.1, 0.15) is 28.6 Å². The van der Waals surface area contributed by atoms with Gasteiger partial charge in [-0.2, -0.15) is 0 Å². The van der Waals surface area contributed by atoms with E-state index in [-0.39, 0.29) is 17.4 Å². The lowest BCUT2D eigenvalue weighted by molar-refractivity contribution is 0.0769. The zero-order chi connectivity index (χ0) is 13.4. The molecule has 1 aliphatic heterocycles. The first-order chi connectivity index (χ1) is 9.16. The molecule has 0 aromatic carbocycles. The summed E-state index contributed by atoms with van der Waals surface area (Å²) in [5.74, 6) is 1.37. The third-order valence-corrected chi connectivity index (χ3v) is 3.13. The smallest absolute Gasteiger partial charge is 0.280 e. The Bertz CT molecular complexity index is 617. The molecule has 3 rings (SSSR count). The van der Waals surface area contributed by atoms with Gasteiger partial charge in [0, 0.05) is 20.0 Å². The minimum atomic E-state index is -0.353. The number of anilines is 1. The van der Waals surface area contributed by atoms with Gasteiger partial charge in [0.1, 0.15) is 5.82 Å². The predicted molar refractivity (Wildman–Crippen MR) is 62.9 cm³/mol. The number of aryl methyl sites for hydroxylation is 1. The molecule has 9 nitrogen and oxygen atoms in total. The number of nitrogens with zero attached hydrogens (tertiary/aromatic N) is 6. The third kappa shape index (κ3) is 1.92. The van der Waals surface area contributed by atoms with Crippen LogP contribution in [-0.4, -0.2) is 42.9 Å². The summed E-state index contributed by atoms with van der Waals surface area (Å²) >= 11 is 0. The van der Waals surface area contributed by atoms with Crippen molar-refractivity contribution >= 4 is 11.7 Å². The largest absolute Gasteiger partial charge is 0.379 e. The fourth-order valence-electron chi connectivity index (χ4n) is 2.14. The van der Waals surface area contributed by atoms with Crippen molar-refractivity contribution in [2.24, 2.45) is 0 Å². The van der Waals surface area contributed by atoms with Gasteiger partial charge >= 0.3 is 0 Å². The standard InChI is InChI=1S/C10H13N7O2/c1-16(10(18)8-9(11)15-19-14-8)5-7-13-12-6-3-2-4-17(6)7/h2-5H2,1H3,(H2,11,15). The number of nitrogen functional groups attached to an aromatic ring is 1. The molecular formula is C10H13N7O2. The molecule has 0 radical (unpaired) electrons. The van der Waals surface area contributed by atoms with E-state index >= 15 is 0 Å². The molecule has 0 aliphatic carbocycles. The normalized spacial score (nSPS) is 13.5. The van der Waals surface area contributed by atoms with Crippen LogP contribution in [0.25, 0.3) is 0 Å². The lowest BCUT2D eigenvalue weighted by Crippen LogP contribution is -2.28. The molecule has 0 unspecified atom stereocenters. The van der Waals surface area contributed by atoms with E-state index in [9.17, 15) is 4.79 Å². The maximum absolute atomic E-state index is 12.1. The second-order valence-electron chi connectivity index (χ2n) is 4.45. The Morgan fingerprint density at radius 3 is 3.05 bits per heavy atom. The van der Waals surface area contributed by atoms with Crippen LogP contribution in [0, 0.1) is 0 Å². The number of rotatable bonds is 3. The van der Waals surface area contributed by atoms with Crippen LogP contribution in [0.3, 0.4) is 0 Å². The highest BCUT2D eigenvalue weighted by Gasteiger charge is 2.23. The fourth-order valence-corrected chi connectivity index (χ4v) is 2.14. The molecule has 0 saturated heterocycles. The van der Waals surface area contributed by atoms with Crippen molar-refractivity contribution in [3.63, 3.8) is 0 Å². The van der Waals surface area contributed by atoms with Crippen LogP contribution >= 0.6 is 0 Å². The van der Waals surface area contributed by atoms with Crippen molar-refractivity contribution in [2.45, 2.75) is 25.9 Å². The summed E-state index contributed by atoms with van der Waals surface area (Å²) < 4.78 is 6.46. The van der Waals surface area contributed by atoms with Crippen LogP contribution in [0.5, 0.6) is 0 Å². The topological polar surface area (TPSA) is 116 Å². The number of amides is 1. The molecule has 100 valence electrons. The van der Waals surface area contributed by atoms with Crippen LogP contribution in [0.4, 0.5) is 5.82 Å². The Hall–Kier alpha value is -2.45. The molecular weight excluding hydrogens is 250 g/mol. The molecule has 19 heavy (non-hydrogen) atoms. The minimum Gasteiger partial charge on any atom is -0.379 e. The number of hydrogen-bond donors (Lipinski definition) is 1. The number of hydrogen-bond acceptors (Lipinski definition) is 7. The first kappa shape index (κ1) is 11.6. The van der Waals surface area contributed by atoms with Gasteiger partial charge in [0.15, 0.2) is 5.82 Å². The predicted octanol–water partition coefficient (Wildman–Crippen LogP) is -0.538. The first-order valence-corrected chi connectivity index (χ1v) is 5.91. The zero-order valence-corrected chi connectivity index (χ0v) is 10.4. The highest BCUT2D eigenvalue weighted by Crippen LogP contribution is 2.16. The summed E-state index contributed by atoms with van der Waals surface area (Å²) in [6.45, 7) is 1.24. The average Bonchev–Trinajstić information content (AvgIpc) is 3.06. The molecule has 0 saturated carbocycles. The van der Waals surface area contributed by atoms with Crippen molar-refractivity contribution in [3.8, 4) is 0 Å². The van der Waals surface area contributed by atoms with Gasteiger partial charge in [-0.1, -0.05) is 0 Å². The lowest BCUT2D eigenvalue weighted by atomic mass is 10.3. The quantitative estimate of drug-likeness (QED) is 0.790. The second-order valence-corrected chi connectivity index (χ2v) is 4.45. The molecule has 3 heterocycles. The van der Waals surface area contributed by atoms with Gasteiger partial charge in [-0.25, -0.2) is 4.63 Å². The summed E-state index contributed by atoms with van der Waals surface area (Å²) in [6, 6.07) is 0. The van der Waals surface area contributed by atoms with Crippen molar-refractivity contribution in [1.29, 1.82) is 0 Å². The van der Waals surface area contributed by atoms with E-state index in [4.69, 9.17) is 5.73 Å². The SMILES string of the molecule is CN(Cc1nnc2n1CCC2)C(=O)c1nonc1N. The van der Waals surface area contributed by atoms with Gasteiger partial charge < -0.3 is 15.2 Å². The highest BCUT2D eigenvalue weighted by atomic mass is 16.6. The van der Waals surface area contributed by atoms with Crippen LogP contribution < -0.4 is 5.73 Å². The Morgan fingerprint density at radius 2 is 2.32 bits per heavy atom. The maximum Gasteiger partial charge on any atom is 0.280 e. The minimum absolute atomic E-state index is 0.0108. The van der Waals surface area contributed by atoms with Crippen molar-refractivity contribution < 1.29 is 9.42 Å². The Morgan fingerprint density at radius 1 is 1.47 bits per heavy atom. The van der Waals surface area contributed by atoms with Gasteiger partial charge in [0.25, 0.3) is 5.91 Å². The van der Waals surface area contributed by atoms with Gasteiger partial charge in [-0.05, 0) is 16.7 Å². The molecule has 9 heteroatoms. The van der Waals surface area contributed by atoms with E-state index in [0.717, 1.165) is 31.0 Å². The Balaban J connectivity index is 1.76. The maximum atomic E-state index is 12.1. The van der Waals surface area contributed by atoms with Crippen LogP contribution in [0.15, 0.2) is 4.63 Å². The van der Waals surface area contributed by atoms with Crippen LogP contribution in [-0.2, 0) is 19.5 Å². The average molecular weight is 263 g/mol. The van der Waals surface area contributed by atoms with E-state index < -0.39 is 0 Å². The monoisotopic (exact) mass is 263 g/mol. The van der Waals surface area contributed by atoms with E-state index in [1.807, 2.05) is 4.57 Å². The summed E-state index contributed by atoms with van der Waals surface area (Å²) in [5, 5.41) is 15.1. The molecule has 0 atom stereocenters. The zero-order valence-electron chi connectivity index (χ0n) is 10.4. The Labute approximate surface area is 108 Å². The molecule has 2 aromatic heterocycles. The van der Waals surface area contributed by atoms with Crippen molar-refractivity contribution in [2.75, 3.05) is 12.8 Å². The first-order valence-electron chi connectivity index (χ1n) is 5.91. The molecule has 1 aliphatic rings. The van der Waals surface area contributed by atoms with Gasteiger partial charge in [-0.3, -0.25) is 4.79 Å². The number of carbonyl (C=O) groups excluding carboxylic acids is 1. The summed E-state index contributed by atoms with van der Waals surface area (Å²) in [4.78, 5) is 13.5. The second kappa shape index (κ2) is 4.34. The summed E-state index contributed by atoms with van der Waals surface area (Å²) in [7, 11) is 1.65. The number of fused-ring (bicyclic) bond motifs is 1. The molecule has 0 fully saturated rings. The summed E-state index contributed by atoms with van der Waals surface area (Å²) in [6.07, 6.45) is 2.00. The fraction of sp³-hybridized carbons (Fsp3) is 0.500. The molecule has 2 aromatic rings.